The van der Waals surface area contributed by atoms with Crippen molar-refractivity contribution in [2.24, 2.45) is 5.92 Å². The van der Waals surface area contributed by atoms with Crippen molar-refractivity contribution in [3.05, 3.63) is 35.0 Å². The zero-order valence-corrected chi connectivity index (χ0v) is 17.7. The number of aromatic amines is 1. The fraction of sp³-hybridized carbons (Fsp3) is 0.565. The van der Waals surface area contributed by atoms with Crippen LogP contribution in [0.25, 0.3) is 10.9 Å². The Morgan fingerprint density at radius 3 is 2.93 bits per heavy atom. The van der Waals surface area contributed by atoms with Crippen LogP contribution in [0.5, 0.6) is 0 Å². The van der Waals surface area contributed by atoms with Gasteiger partial charge in [0.2, 0.25) is 0 Å². The Hall–Kier alpha value is -2.56. The highest BCUT2D eigenvalue weighted by molar-refractivity contribution is 5.90. The van der Waals surface area contributed by atoms with Crippen LogP contribution in [0.2, 0.25) is 0 Å². The number of fused-ring (bicyclic) bond motifs is 2. The predicted octanol–water partition coefficient (Wildman–Crippen LogP) is 2.13. The molecule has 0 saturated carbocycles. The molecule has 2 aliphatic heterocycles. The van der Waals surface area contributed by atoms with Crippen molar-refractivity contribution in [2.45, 2.75) is 31.3 Å². The van der Waals surface area contributed by atoms with Crippen LogP contribution in [0.4, 0.5) is 0 Å². The number of hydrogen-bond donors (Lipinski definition) is 1. The number of carbonyl (C=O) groups is 1. The van der Waals surface area contributed by atoms with E-state index in [-0.39, 0.29) is 23.8 Å². The number of benzene rings is 1. The van der Waals surface area contributed by atoms with Crippen molar-refractivity contribution in [3.63, 3.8) is 0 Å². The number of likely N-dealkylation sites (tertiary alicyclic amines) is 1. The van der Waals surface area contributed by atoms with Gasteiger partial charge in [0, 0.05) is 23.4 Å². The summed E-state index contributed by atoms with van der Waals surface area (Å²) < 4.78 is 11.6. The lowest BCUT2D eigenvalue weighted by molar-refractivity contribution is -0.929. The number of nitrogens with one attached hydrogen (secondary N) is 1. The monoisotopic (exact) mass is 409 g/mol. The Bertz CT molecular complexity index is 1020. The number of likely N-dealkylation sites (N-methyl/N-ethyl adjacent to an activating group) is 1. The molecule has 30 heavy (non-hydrogen) atoms. The molecule has 158 valence electrons. The molecule has 7 heteroatoms. The lowest BCUT2D eigenvalue weighted by Gasteiger charge is -2.44. The number of carbonyl (C=O) groups excluding carboxylic acids is 1. The number of ether oxygens (including phenoxy) is 2. The molecular weight excluding hydrogens is 380 g/mol. The van der Waals surface area contributed by atoms with Crippen LogP contribution in [0.3, 0.4) is 0 Å². The Morgan fingerprint density at radius 1 is 1.40 bits per heavy atom. The molecule has 0 radical (unpaired) electrons. The average molecular weight is 410 g/mol. The summed E-state index contributed by atoms with van der Waals surface area (Å²) in [6, 6.07) is 6.51. The van der Waals surface area contributed by atoms with Gasteiger partial charge in [-0.2, -0.15) is 5.26 Å². The van der Waals surface area contributed by atoms with E-state index >= 15 is 0 Å². The van der Waals surface area contributed by atoms with Crippen molar-refractivity contribution in [1.29, 1.82) is 5.26 Å². The van der Waals surface area contributed by atoms with Crippen molar-refractivity contribution in [2.75, 3.05) is 47.0 Å². The minimum Gasteiger partial charge on any atom is -0.469 e. The average Bonchev–Trinajstić information content (AvgIpc) is 3.10. The van der Waals surface area contributed by atoms with Crippen molar-refractivity contribution < 1.29 is 18.8 Å². The Morgan fingerprint density at radius 2 is 2.20 bits per heavy atom. The molecule has 3 atom stereocenters. The third-order valence-corrected chi connectivity index (χ3v) is 7.44. The highest BCUT2D eigenvalue weighted by atomic mass is 16.5. The van der Waals surface area contributed by atoms with Crippen LogP contribution < -0.4 is 0 Å². The third kappa shape index (κ3) is 3.06. The van der Waals surface area contributed by atoms with Gasteiger partial charge in [0.25, 0.3) is 0 Å². The van der Waals surface area contributed by atoms with Gasteiger partial charge in [0.05, 0.1) is 45.0 Å². The second kappa shape index (κ2) is 7.29. The van der Waals surface area contributed by atoms with Gasteiger partial charge in [0.1, 0.15) is 19.6 Å². The molecule has 2 saturated heterocycles. The minimum atomic E-state index is -0.260. The highest BCUT2D eigenvalue weighted by Gasteiger charge is 2.44. The molecule has 0 unspecified atom stereocenters. The van der Waals surface area contributed by atoms with Crippen LogP contribution >= 0.6 is 0 Å². The van der Waals surface area contributed by atoms with Crippen LogP contribution in [0.15, 0.2) is 18.2 Å². The van der Waals surface area contributed by atoms with Crippen LogP contribution in [-0.4, -0.2) is 73.4 Å². The van der Waals surface area contributed by atoms with Gasteiger partial charge in [0.15, 0.2) is 6.19 Å². The van der Waals surface area contributed by atoms with Gasteiger partial charge in [-0.1, -0.05) is 12.1 Å². The zero-order valence-electron chi connectivity index (χ0n) is 17.7. The number of esters is 1. The molecule has 1 aromatic carbocycles. The van der Waals surface area contributed by atoms with Crippen molar-refractivity contribution in [1.82, 2.24) is 9.88 Å². The first-order valence-corrected chi connectivity index (χ1v) is 10.8. The summed E-state index contributed by atoms with van der Waals surface area (Å²) in [4.78, 5) is 17.8. The smallest absolute Gasteiger partial charge is 0.310 e. The van der Waals surface area contributed by atoms with E-state index in [9.17, 15) is 10.1 Å². The zero-order chi connectivity index (χ0) is 20.9. The topological polar surface area (TPSA) is 78.4 Å². The van der Waals surface area contributed by atoms with Crippen LogP contribution in [-0.2, 0) is 27.2 Å². The number of rotatable bonds is 3. The number of aromatic nitrogens is 1. The van der Waals surface area contributed by atoms with Gasteiger partial charge in [-0.3, -0.25) is 4.79 Å². The summed E-state index contributed by atoms with van der Waals surface area (Å²) >= 11 is 0. The maximum atomic E-state index is 12.3. The Labute approximate surface area is 176 Å². The molecule has 1 aliphatic carbocycles. The predicted molar refractivity (Wildman–Crippen MR) is 111 cm³/mol. The number of H-pyrrole nitrogens is 1. The molecule has 0 spiro atoms. The van der Waals surface area contributed by atoms with Crippen molar-refractivity contribution >= 4 is 16.9 Å². The SMILES string of the molecule is COC(=O)[C@@H]1C[C@@H]2c3cccc4[nH]c(C[N+]5(C)CCOCC5)c(c34)C[C@H]2N(C#N)C1. The fourth-order valence-corrected chi connectivity index (χ4v) is 5.77. The molecular formula is C23H29N4O3+. The van der Waals surface area contributed by atoms with Gasteiger partial charge in [-0.25, -0.2) is 0 Å². The van der Waals surface area contributed by atoms with E-state index in [4.69, 9.17) is 9.47 Å². The van der Waals surface area contributed by atoms with Crippen LogP contribution in [0.1, 0.15) is 29.2 Å². The lowest BCUT2D eigenvalue weighted by atomic mass is 9.72. The van der Waals surface area contributed by atoms with Crippen LogP contribution in [0, 0.1) is 17.4 Å². The first-order chi connectivity index (χ1) is 14.5. The molecule has 0 bridgehead atoms. The molecule has 5 rings (SSSR count). The van der Waals surface area contributed by atoms with Gasteiger partial charge in [-0.05, 0) is 30.0 Å². The maximum Gasteiger partial charge on any atom is 0.310 e. The third-order valence-electron chi connectivity index (χ3n) is 7.44. The number of piperidine rings is 1. The second-order valence-corrected chi connectivity index (χ2v) is 9.28. The maximum absolute atomic E-state index is 12.3. The highest BCUT2D eigenvalue weighted by Crippen LogP contribution is 2.46. The molecule has 1 aromatic heterocycles. The summed E-state index contributed by atoms with van der Waals surface area (Å²) in [6.45, 7) is 5.03. The largest absolute Gasteiger partial charge is 0.469 e. The quantitative estimate of drug-likeness (QED) is 0.477. The van der Waals surface area contributed by atoms with E-state index in [2.05, 4.69) is 36.4 Å². The molecule has 1 N–H and O–H groups in total. The summed E-state index contributed by atoms with van der Waals surface area (Å²) in [5, 5.41) is 11.2. The normalized spacial score (nSPS) is 27.4. The number of morpholine rings is 1. The van der Waals surface area contributed by atoms with E-state index in [1.165, 1.54) is 34.8 Å². The number of nitrogens with zero attached hydrogens (tertiary/aromatic N) is 3. The fourth-order valence-electron chi connectivity index (χ4n) is 5.77. The van der Waals surface area contributed by atoms with Gasteiger partial charge in [-0.15, -0.1) is 0 Å². The molecule has 7 nitrogen and oxygen atoms in total. The summed E-state index contributed by atoms with van der Waals surface area (Å²) in [6.07, 6.45) is 3.95. The number of hydrogen-bond acceptors (Lipinski definition) is 5. The van der Waals surface area contributed by atoms with Crippen molar-refractivity contribution in [3.8, 4) is 6.19 Å². The molecule has 2 fully saturated rings. The minimum absolute atomic E-state index is 0.0959. The molecule has 2 aromatic rings. The number of quaternary nitrogens is 1. The van der Waals surface area contributed by atoms with E-state index in [1.807, 2.05) is 4.90 Å². The molecule has 3 heterocycles. The van der Waals surface area contributed by atoms with E-state index in [0.717, 1.165) is 50.2 Å². The molecule has 3 aliphatic rings. The lowest BCUT2D eigenvalue weighted by Crippen LogP contribution is -2.52. The standard InChI is InChI=1S/C23H29N4O3/c1-27(6-8-30-9-7-27)13-20-18-11-21-17(16-4-3-5-19(25-20)22(16)18)10-15(23(28)29-2)12-26(21)14-24/h3-5,15,17,21,25H,6-13H2,1-2H3/q+1/t15-,17-,21-/m1/s1. The van der Waals surface area contributed by atoms with Gasteiger partial charge < -0.3 is 23.8 Å². The Balaban J connectivity index is 1.56. The van der Waals surface area contributed by atoms with E-state index in [1.54, 1.807) is 0 Å². The summed E-state index contributed by atoms with van der Waals surface area (Å²) in [7, 11) is 3.73. The second-order valence-electron chi connectivity index (χ2n) is 9.28. The van der Waals surface area contributed by atoms with E-state index in [0.29, 0.717) is 6.54 Å². The van der Waals surface area contributed by atoms with Gasteiger partial charge >= 0.3 is 5.97 Å². The Kier molecular flexibility index (Phi) is 4.72. The van der Waals surface area contributed by atoms with E-state index < -0.39 is 0 Å². The summed E-state index contributed by atoms with van der Waals surface area (Å²) in [5.74, 6) is -0.314. The number of methoxy groups -OCH3 is 1. The number of nitriles is 1. The first-order valence-electron chi connectivity index (χ1n) is 10.8. The first kappa shape index (κ1) is 19.4. The summed E-state index contributed by atoms with van der Waals surface area (Å²) in [5.41, 5.74) is 5.07. The molecule has 0 amide bonds.